The first-order chi connectivity index (χ1) is 10.1. The average molecular weight is 296 g/mol. The molecule has 0 atom stereocenters. The van der Waals surface area contributed by atoms with Crippen molar-refractivity contribution in [2.75, 3.05) is 13.2 Å². The fourth-order valence-corrected chi connectivity index (χ4v) is 3.13. The Kier molecular flexibility index (Phi) is 5.73. The van der Waals surface area contributed by atoms with Crippen LogP contribution in [-0.2, 0) is 22.4 Å². The molecule has 1 saturated carbocycles. The van der Waals surface area contributed by atoms with Crippen molar-refractivity contribution in [3.63, 3.8) is 0 Å². The molecule has 0 aliphatic heterocycles. The minimum atomic E-state index is -0.743. The summed E-state index contributed by atoms with van der Waals surface area (Å²) >= 11 is 0. The molecule has 1 fully saturated rings. The molecule has 0 unspecified atom stereocenters. The number of aliphatic carboxylic acids is 1. The molecule has 1 aliphatic rings. The third-order valence-corrected chi connectivity index (χ3v) is 4.15. The van der Waals surface area contributed by atoms with Crippen molar-refractivity contribution in [2.24, 2.45) is 5.41 Å². The lowest BCUT2D eigenvalue weighted by Gasteiger charge is -2.34. The predicted octanol–water partition coefficient (Wildman–Crippen LogP) is 2.62. The van der Waals surface area contributed by atoms with Gasteiger partial charge < -0.3 is 14.4 Å². The average Bonchev–Trinajstić information content (AvgIpc) is 2.86. The van der Waals surface area contributed by atoms with E-state index in [4.69, 9.17) is 9.26 Å². The smallest absolute Gasteiger partial charge is 0.303 e. The summed E-state index contributed by atoms with van der Waals surface area (Å²) in [7, 11) is 0. The molecule has 6 nitrogen and oxygen atoms in total. The number of carboxylic acid groups (broad SMARTS) is 1. The van der Waals surface area contributed by atoms with Gasteiger partial charge >= 0.3 is 5.97 Å². The third-order valence-electron chi connectivity index (χ3n) is 4.15. The second-order valence-corrected chi connectivity index (χ2v) is 5.86. The number of hydrogen-bond donors (Lipinski definition) is 1. The molecule has 1 aliphatic carbocycles. The molecule has 6 heteroatoms. The highest BCUT2D eigenvalue weighted by Crippen LogP contribution is 2.41. The van der Waals surface area contributed by atoms with Crippen LogP contribution in [0.25, 0.3) is 0 Å². The van der Waals surface area contributed by atoms with Crippen molar-refractivity contribution in [1.29, 1.82) is 0 Å². The zero-order chi connectivity index (χ0) is 15.1. The summed E-state index contributed by atoms with van der Waals surface area (Å²) in [5.74, 6) is 0.456. The van der Waals surface area contributed by atoms with Gasteiger partial charge in [0.2, 0.25) is 5.89 Å². The molecular weight excluding hydrogens is 272 g/mol. The van der Waals surface area contributed by atoms with Gasteiger partial charge in [0.05, 0.1) is 13.0 Å². The Morgan fingerprint density at radius 3 is 2.81 bits per heavy atom. The van der Waals surface area contributed by atoms with Gasteiger partial charge in [0, 0.05) is 19.4 Å². The first-order valence-electron chi connectivity index (χ1n) is 7.74. The topological polar surface area (TPSA) is 85.5 Å². The van der Waals surface area contributed by atoms with Crippen LogP contribution in [0, 0.1) is 5.41 Å². The number of rotatable bonds is 8. The van der Waals surface area contributed by atoms with E-state index in [9.17, 15) is 9.90 Å². The molecular formula is C15H24N2O4. The number of carbonyl (C=O) groups is 1. The van der Waals surface area contributed by atoms with E-state index in [1.807, 2.05) is 6.92 Å². The Morgan fingerprint density at radius 2 is 2.14 bits per heavy atom. The van der Waals surface area contributed by atoms with Crippen LogP contribution in [0.2, 0.25) is 0 Å². The Hall–Kier alpha value is -1.43. The van der Waals surface area contributed by atoms with Crippen LogP contribution in [0.15, 0.2) is 4.52 Å². The standard InChI is InChI=1S/C15H24N2O4/c1-2-20-9-6-12-16-13(21-17-12)10-15(11-14(18)19)7-4-3-5-8-15/h2-11H2,1H3,(H,18,19). The lowest BCUT2D eigenvalue weighted by Crippen LogP contribution is -2.30. The van der Waals surface area contributed by atoms with Crippen LogP contribution in [0.5, 0.6) is 0 Å². The van der Waals surface area contributed by atoms with Gasteiger partial charge in [-0.15, -0.1) is 0 Å². The van der Waals surface area contributed by atoms with Crippen LogP contribution < -0.4 is 0 Å². The fraction of sp³-hybridized carbons (Fsp3) is 0.800. The van der Waals surface area contributed by atoms with E-state index in [0.29, 0.717) is 37.8 Å². The maximum Gasteiger partial charge on any atom is 0.303 e. The molecule has 0 bridgehead atoms. The highest BCUT2D eigenvalue weighted by atomic mass is 16.5. The normalized spacial score (nSPS) is 17.8. The maximum absolute atomic E-state index is 11.2. The monoisotopic (exact) mass is 296 g/mol. The van der Waals surface area contributed by atoms with E-state index in [-0.39, 0.29) is 11.8 Å². The van der Waals surface area contributed by atoms with Gasteiger partial charge in [-0.3, -0.25) is 4.79 Å². The molecule has 1 heterocycles. The van der Waals surface area contributed by atoms with E-state index in [2.05, 4.69) is 10.1 Å². The molecule has 118 valence electrons. The molecule has 21 heavy (non-hydrogen) atoms. The summed E-state index contributed by atoms with van der Waals surface area (Å²) in [6.45, 7) is 3.20. The van der Waals surface area contributed by atoms with E-state index < -0.39 is 5.97 Å². The Bertz CT molecular complexity index is 452. The lowest BCUT2D eigenvalue weighted by atomic mass is 9.69. The van der Waals surface area contributed by atoms with Gasteiger partial charge in [0.15, 0.2) is 5.82 Å². The number of carboxylic acids is 1. The van der Waals surface area contributed by atoms with Crippen LogP contribution in [0.1, 0.15) is 57.2 Å². The Labute approximate surface area is 124 Å². The number of hydrogen-bond acceptors (Lipinski definition) is 5. The summed E-state index contributed by atoms with van der Waals surface area (Å²) in [5, 5.41) is 13.1. The fourth-order valence-electron chi connectivity index (χ4n) is 3.13. The molecule has 2 rings (SSSR count). The van der Waals surface area contributed by atoms with Crippen LogP contribution in [0.4, 0.5) is 0 Å². The van der Waals surface area contributed by atoms with E-state index in [1.165, 1.54) is 6.42 Å². The van der Waals surface area contributed by atoms with Gasteiger partial charge in [-0.25, -0.2) is 0 Å². The van der Waals surface area contributed by atoms with E-state index in [1.54, 1.807) is 0 Å². The Balaban J connectivity index is 1.98. The number of nitrogens with zero attached hydrogens (tertiary/aromatic N) is 2. The summed E-state index contributed by atoms with van der Waals surface area (Å²) in [6, 6.07) is 0. The quantitative estimate of drug-likeness (QED) is 0.742. The Morgan fingerprint density at radius 1 is 1.38 bits per heavy atom. The first-order valence-corrected chi connectivity index (χ1v) is 7.74. The second-order valence-electron chi connectivity index (χ2n) is 5.86. The molecule has 0 aromatic carbocycles. The molecule has 1 aromatic rings. The summed E-state index contributed by atoms with van der Waals surface area (Å²) in [5.41, 5.74) is -0.214. The van der Waals surface area contributed by atoms with Gasteiger partial charge in [-0.1, -0.05) is 24.4 Å². The van der Waals surface area contributed by atoms with Crippen molar-refractivity contribution < 1.29 is 19.2 Å². The van der Waals surface area contributed by atoms with Crippen LogP contribution in [-0.4, -0.2) is 34.4 Å². The zero-order valence-electron chi connectivity index (χ0n) is 12.6. The molecule has 0 radical (unpaired) electrons. The predicted molar refractivity (Wildman–Crippen MR) is 76.0 cm³/mol. The molecule has 1 aromatic heterocycles. The highest BCUT2D eigenvalue weighted by molar-refractivity contribution is 5.67. The first kappa shape index (κ1) is 15.9. The van der Waals surface area contributed by atoms with Gasteiger partial charge in [0.25, 0.3) is 0 Å². The van der Waals surface area contributed by atoms with Gasteiger partial charge in [-0.2, -0.15) is 4.98 Å². The van der Waals surface area contributed by atoms with Crippen molar-refractivity contribution in [1.82, 2.24) is 10.1 Å². The summed E-state index contributed by atoms with van der Waals surface area (Å²) in [6.07, 6.45) is 6.59. The van der Waals surface area contributed by atoms with Gasteiger partial charge in [0.1, 0.15) is 0 Å². The third kappa shape index (κ3) is 4.81. The zero-order valence-corrected chi connectivity index (χ0v) is 12.6. The van der Waals surface area contributed by atoms with Crippen molar-refractivity contribution in [2.45, 2.75) is 58.3 Å². The van der Waals surface area contributed by atoms with E-state index in [0.717, 1.165) is 25.7 Å². The number of ether oxygens (including phenoxy) is 1. The lowest BCUT2D eigenvalue weighted by molar-refractivity contribution is -0.140. The van der Waals surface area contributed by atoms with E-state index >= 15 is 0 Å². The largest absolute Gasteiger partial charge is 0.481 e. The van der Waals surface area contributed by atoms with Crippen LogP contribution in [0.3, 0.4) is 0 Å². The minimum absolute atomic E-state index is 0.184. The van der Waals surface area contributed by atoms with Gasteiger partial charge in [-0.05, 0) is 25.2 Å². The molecule has 0 spiro atoms. The summed E-state index contributed by atoms with van der Waals surface area (Å²) in [4.78, 5) is 15.5. The minimum Gasteiger partial charge on any atom is -0.481 e. The highest BCUT2D eigenvalue weighted by Gasteiger charge is 2.36. The molecule has 1 N–H and O–H groups in total. The second kappa shape index (κ2) is 7.54. The molecule has 0 saturated heterocycles. The van der Waals surface area contributed by atoms with Crippen LogP contribution >= 0.6 is 0 Å². The van der Waals surface area contributed by atoms with Crippen molar-refractivity contribution >= 4 is 5.97 Å². The van der Waals surface area contributed by atoms with Crippen molar-refractivity contribution in [3.8, 4) is 0 Å². The van der Waals surface area contributed by atoms with Crippen molar-refractivity contribution in [3.05, 3.63) is 11.7 Å². The maximum atomic E-state index is 11.2. The molecule has 0 amide bonds. The SMILES string of the molecule is CCOCCc1noc(CC2(CC(=O)O)CCCCC2)n1. The summed E-state index contributed by atoms with van der Waals surface area (Å²) < 4.78 is 10.6. The number of aromatic nitrogens is 2.